The van der Waals surface area contributed by atoms with E-state index in [4.69, 9.17) is 9.47 Å². The average molecular weight is 461 g/mol. The highest BCUT2D eigenvalue weighted by Gasteiger charge is 2.17. The molecule has 1 heterocycles. The van der Waals surface area contributed by atoms with E-state index in [0.29, 0.717) is 11.1 Å². The van der Waals surface area contributed by atoms with Crippen molar-refractivity contribution in [2.24, 2.45) is 0 Å². The minimum absolute atomic E-state index is 0.00515. The molecule has 32 heavy (non-hydrogen) atoms. The van der Waals surface area contributed by atoms with Crippen LogP contribution in [0.2, 0.25) is 0 Å². The second kappa shape index (κ2) is 10.2. The van der Waals surface area contributed by atoms with Crippen LogP contribution >= 0.6 is 0 Å². The van der Waals surface area contributed by atoms with Gasteiger partial charge in [0, 0.05) is 26.0 Å². The van der Waals surface area contributed by atoms with Gasteiger partial charge in [-0.3, -0.25) is 14.7 Å². The van der Waals surface area contributed by atoms with Crippen molar-refractivity contribution >= 4 is 32.8 Å². The molecule has 3 aromatic rings. The van der Waals surface area contributed by atoms with Crippen LogP contribution in [0.1, 0.15) is 16.9 Å². The number of aromatic nitrogens is 2. The van der Waals surface area contributed by atoms with Crippen LogP contribution < -0.4 is 10.1 Å². The molecule has 0 spiro atoms. The number of sulfonamides is 1. The van der Waals surface area contributed by atoms with Crippen LogP contribution in [0.5, 0.6) is 5.75 Å². The summed E-state index contributed by atoms with van der Waals surface area (Å²) in [5.41, 5.74) is 1.03. The van der Waals surface area contributed by atoms with Crippen molar-refractivity contribution in [3.8, 4) is 5.75 Å². The van der Waals surface area contributed by atoms with Crippen molar-refractivity contribution < 1.29 is 27.5 Å². The number of hydrogen-bond donors (Lipinski definition) is 2. The largest absolute Gasteiger partial charge is 0.490 e. The van der Waals surface area contributed by atoms with Crippen molar-refractivity contribution in [1.29, 1.82) is 0 Å². The molecule has 1 aromatic heterocycles. The molecule has 0 aliphatic carbocycles. The Balaban J connectivity index is 1.35. The number of aromatic amines is 1. The number of para-hydroxylation sites is 1. The van der Waals surface area contributed by atoms with Crippen LogP contribution in [0.3, 0.4) is 0 Å². The number of amides is 1. The van der Waals surface area contributed by atoms with Gasteiger partial charge >= 0.3 is 5.97 Å². The van der Waals surface area contributed by atoms with E-state index >= 15 is 0 Å². The minimum atomic E-state index is -3.50. The highest BCUT2D eigenvalue weighted by atomic mass is 32.2. The second-order valence-corrected chi connectivity index (χ2v) is 9.10. The first-order valence-corrected chi connectivity index (χ1v) is 11.3. The number of H-pyrrole nitrogens is 1. The summed E-state index contributed by atoms with van der Waals surface area (Å²) in [4.78, 5) is 24.2. The van der Waals surface area contributed by atoms with E-state index in [1.54, 1.807) is 6.07 Å². The highest BCUT2D eigenvalue weighted by Crippen LogP contribution is 2.18. The van der Waals surface area contributed by atoms with Gasteiger partial charge in [0.05, 0.1) is 16.8 Å². The quantitative estimate of drug-likeness (QED) is 0.347. The molecular weight excluding hydrogens is 436 g/mol. The van der Waals surface area contributed by atoms with Crippen LogP contribution in [-0.4, -0.2) is 68.7 Å². The van der Waals surface area contributed by atoms with E-state index in [9.17, 15) is 18.0 Å². The summed E-state index contributed by atoms with van der Waals surface area (Å²) in [6.07, 6.45) is 0.00515. The fourth-order valence-electron chi connectivity index (χ4n) is 2.80. The molecule has 1 amide bonds. The fraction of sp³-hybridized carbons (Fsp3) is 0.286. The zero-order valence-corrected chi connectivity index (χ0v) is 18.5. The maximum absolute atomic E-state index is 12.2. The molecule has 2 aromatic carbocycles. The van der Waals surface area contributed by atoms with Crippen LogP contribution in [0.25, 0.3) is 10.9 Å². The standard InChI is InChI=1S/C21H24N4O6S/c1-25(2)32(28,29)16-9-7-15(8-10-16)30-13-14-31-19(26)11-12-22-21(27)20-17-5-3-4-6-18(17)23-24-20/h3-10H,11-14H2,1-2H3,(H,22,27)(H,23,24). The molecule has 3 rings (SSSR count). The summed E-state index contributed by atoms with van der Waals surface area (Å²) in [5.74, 6) is -0.399. The monoisotopic (exact) mass is 460 g/mol. The first-order valence-electron chi connectivity index (χ1n) is 9.81. The lowest BCUT2D eigenvalue weighted by Crippen LogP contribution is -2.27. The molecule has 11 heteroatoms. The molecule has 0 bridgehead atoms. The number of ether oxygens (including phenoxy) is 2. The number of esters is 1. The Bertz CT molecular complexity index is 1190. The van der Waals surface area contributed by atoms with E-state index < -0.39 is 16.0 Å². The predicted molar refractivity (Wildman–Crippen MR) is 117 cm³/mol. The Morgan fingerprint density at radius 1 is 1.06 bits per heavy atom. The third-order valence-electron chi connectivity index (χ3n) is 4.52. The van der Waals surface area contributed by atoms with Crippen LogP contribution in [0, 0.1) is 0 Å². The smallest absolute Gasteiger partial charge is 0.307 e. The zero-order chi connectivity index (χ0) is 23.1. The number of rotatable bonds is 10. The number of hydrogen-bond acceptors (Lipinski definition) is 7. The number of carbonyl (C=O) groups excluding carboxylic acids is 2. The van der Waals surface area contributed by atoms with E-state index in [1.807, 2.05) is 18.2 Å². The maximum atomic E-state index is 12.2. The fourth-order valence-corrected chi connectivity index (χ4v) is 3.71. The Morgan fingerprint density at radius 3 is 2.50 bits per heavy atom. The Kier molecular flexibility index (Phi) is 7.44. The highest BCUT2D eigenvalue weighted by molar-refractivity contribution is 7.89. The molecular formula is C21H24N4O6S. The summed E-state index contributed by atoms with van der Waals surface area (Å²) in [6, 6.07) is 13.2. The minimum Gasteiger partial charge on any atom is -0.490 e. The van der Waals surface area contributed by atoms with Crippen molar-refractivity contribution in [2.75, 3.05) is 33.9 Å². The predicted octanol–water partition coefficient (Wildman–Crippen LogP) is 1.56. The molecule has 0 saturated carbocycles. The number of fused-ring (bicyclic) bond motifs is 1. The summed E-state index contributed by atoms with van der Waals surface area (Å²) >= 11 is 0. The molecule has 2 N–H and O–H groups in total. The van der Waals surface area contributed by atoms with E-state index in [1.165, 1.54) is 38.4 Å². The van der Waals surface area contributed by atoms with Gasteiger partial charge in [0.2, 0.25) is 10.0 Å². The average Bonchev–Trinajstić information content (AvgIpc) is 3.21. The van der Waals surface area contributed by atoms with E-state index in [2.05, 4.69) is 15.5 Å². The van der Waals surface area contributed by atoms with Crippen LogP contribution in [0.4, 0.5) is 0 Å². The Morgan fingerprint density at radius 2 is 1.78 bits per heavy atom. The van der Waals surface area contributed by atoms with Crippen LogP contribution in [-0.2, 0) is 19.6 Å². The summed E-state index contributed by atoms with van der Waals surface area (Å²) in [5, 5.41) is 10.1. The third kappa shape index (κ3) is 5.62. The van der Waals surface area contributed by atoms with Gasteiger partial charge in [0.1, 0.15) is 19.0 Å². The van der Waals surface area contributed by atoms with Gasteiger partial charge in [-0.05, 0) is 30.3 Å². The van der Waals surface area contributed by atoms with Gasteiger partial charge in [0.15, 0.2) is 5.69 Å². The molecule has 170 valence electrons. The Hall–Kier alpha value is -3.44. The molecule has 0 radical (unpaired) electrons. The number of benzene rings is 2. The lowest BCUT2D eigenvalue weighted by molar-refractivity contribution is -0.144. The summed E-state index contributed by atoms with van der Waals surface area (Å²) < 4.78 is 35.7. The molecule has 0 aliphatic rings. The molecule has 0 saturated heterocycles. The lowest BCUT2D eigenvalue weighted by Gasteiger charge is -2.12. The molecule has 10 nitrogen and oxygen atoms in total. The van der Waals surface area contributed by atoms with Gasteiger partial charge < -0.3 is 14.8 Å². The normalized spacial score (nSPS) is 11.5. The molecule has 0 fully saturated rings. The van der Waals surface area contributed by atoms with Crippen molar-refractivity contribution in [3.63, 3.8) is 0 Å². The summed E-state index contributed by atoms with van der Waals surface area (Å²) in [7, 11) is -0.584. The SMILES string of the molecule is CN(C)S(=O)(=O)c1ccc(OCCOC(=O)CCNC(=O)c2n[nH]c3ccccc23)cc1. The van der Waals surface area contributed by atoms with Crippen molar-refractivity contribution in [1.82, 2.24) is 19.8 Å². The topological polar surface area (TPSA) is 131 Å². The molecule has 0 atom stereocenters. The molecule has 0 aliphatic heterocycles. The Labute approximate surface area is 185 Å². The summed E-state index contributed by atoms with van der Waals surface area (Å²) in [6.45, 7) is 0.243. The van der Waals surface area contributed by atoms with E-state index in [-0.39, 0.29) is 42.7 Å². The molecule has 0 unspecified atom stereocenters. The first kappa shape index (κ1) is 23.2. The van der Waals surface area contributed by atoms with Gasteiger partial charge in [-0.1, -0.05) is 18.2 Å². The van der Waals surface area contributed by atoms with Gasteiger partial charge in [-0.15, -0.1) is 0 Å². The number of carbonyl (C=O) groups is 2. The van der Waals surface area contributed by atoms with Gasteiger partial charge in [-0.2, -0.15) is 5.10 Å². The number of nitrogens with zero attached hydrogens (tertiary/aromatic N) is 2. The van der Waals surface area contributed by atoms with Crippen molar-refractivity contribution in [3.05, 3.63) is 54.2 Å². The zero-order valence-electron chi connectivity index (χ0n) is 17.7. The van der Waals surface area contributed by atoms with Gasteiger partial charge in [0.25, 0.3) is 5.91 Å². The lowest BCUT2D eigenvalue weighted by atomic mass is 10.2. The number of nitrogens with one attached hydrogen (secondary N) is 2. The second-order valence-electron chi connectivity index (χ2n) is 6.95. The van der Waals surface area contributed by atoms with Crippen LogP contribution in [0.15, 0.2) is 53.4 Å². The van der Waals surface area contributed by atoms with Gasteiger partial charge in [-0.25, -0.2) is 12.7 Å². The van der Waals surface area contributed by atoms with Crippen molar-refractivity contribution in [2.45, 2.75) is 11.3 Å². The third-order valence-corrected chi connectivity index (χ3v) is 6.35. The maximum Gasteiger partial charge on any atom is 0.307 e. The first-order chi connectivity index (χ1) is 15.3. The van der Waals surface area contributed by atoms with E-state index in [0.717, 1.165) is 9.82 Å².